The van der Waals surface area contributed by atoms with Crippen LogP contribution in [0, 0.1) is 5.92 Å². The molecule has 0 spiro atoms. The summed E-state index contributed by atoms with van der Waals surface area (Å²) in [7, 11) is 0. The summed E-state index contributed by atoms with van der Waals surface area (Å²) >= 11 is 14.8. The van der Waals surface area contributed by atoms with Crippen LogP contribution in [0.1, 0.15) is 20.3 Å². The van der Waals surface area contributed by atoms with Gasteiger partial charge in [0.1, 0.15) is 4.33 Å². The van der Waals surface area contributed by atoms with Crippen molar-refractivity contribution in [2.45, 2.75) is 28.9 Å². The Labute approximate surface area is 170 Å². The van der Waals surface area contributed by atoms with Crippen LogP contribution in [0.15, 0.2) is 22.5 Å². The van der Waals surface area contributed by atoms with E-state index in [0.29, 0.717) is 31.0 Å². The van der Waals surface area contributed by atoms with E-state index in [4.69, 9.17) is 23.2 Å². The summed E-state index contributed by atoms with van der Waals surface area (Å²) in [4.78, 5) is 30.5. The minimum absolute atomic E-state index is 0.113. The Kier molecular flexibility index (Phi) is 6.01. The standard InChI is InChI=1S/C17H19Cl2N3O2S2/c1-3-22(4-2)14(23)9-25-16-21-12-6-5-10(7-13(12)26-16)20-15(24)11-8-17(11,18)19/h5-7,11H,3-4,8-9H2,1-2H3,(H,20,24). The normalized spacial score (nSPS) is 17.9. The third-order valence-electron chi connectivity index (χ3n) is 4.21. The van der Waals surface area contributed by atoms with Crippen molar-refractivity contribution in [3.63, 3.8) is 0 Å². The molecule has 1 aliphatic carbocycles. The molecule has 1 fully saturated rings. The van der Waals surface area contributed by atoms with Crippen molar-refractivity contribution in [2.24, 2.45) is 5.92 Å². The monoisotopic (exact) mass is 431 g/mol. The van der Waals surface area contributed by atoms with E-state index in [0.717, 1.165) is 14.6 Å². The molecule has 0 radical (unpaired) electrons. The van der Waals surface area contributed by atoms with Gasteiger partial charge in [0.25, 0.3) is 0 Å². The largest absolute Gasteiger partial charge is 0.343 e. The number of carbonyl (C=O) groups excluding carboxylic acids is 2. The fraction of sp³-hybridized carbons (Fsp3) is 0.471. The molecule has 1 N–H and O–H groups in total. The molecular weight excluding hydrogens is 413 g/mol. The van der Waals surface area contributed by atoms with E-state index in [9.17, 15) is 9.59 Å². The van der Waals surface area contributed by atoms with Gasteiger partial charge in [0.15, 0.2) is 4.34 Å². The fourth-order valence-electron chi connectivity index (χ4n) is 2.56. The molecule has 1 unspecified atom stereocenters. The van der Waals surface area contributed by atoms with Crippen molar-refractivity contribution in [3.05, 3.63) is 18.2 Å². The number of nitrogens with zero attached hydrogens (tertiary/aromatic N) is 2. The van der Waals surface area contributed by atoms with E-state index < -0.39 is 4.33 Å². The average molecular weight is 432 g/mol. The molecular formula is C17H19Cl2N3O2S2. The number of amides is 2. The Morgan fingerprint density at radius 1 is 1.38 bits per heavy atom. The number of halogens is 2. The first kappa shape index (κ1) is 19.7. The van der Waals surface area contributed by atoms with Crippen molar-refractivity contribution in [1.29, 1.82) is 0 Å². The molecule has 0 aliphatic heterocycles. The van der Waals surface area contributed by atoms with Crippen molar-refractivity contribution < 1.29 is 9.59 Å². The molecule has 5 nitrogen and oxygen atoms in total. The highest BCUT2D eigenvalue weighted by molar-refractivity contribution is 8.01. The van der Waals surface area contributed by atoms with Crippen molar-refractivity contribution >= 4 is 74.0 Å². The van der Waals surface area contributed by atoms with E-state index in [1.807, 2.05) is 32.0 Å². The number of alkyl halides is 2. The third kappa shape index (κ3) is 4.44. The summed E-state index contributed by atoms with van der Waals surface area (Å²) in [5.74, 6) is -0.0407. The number of hydrogen-bond acceptors (Lipinski definition) is 5. The van der Waals surface area contributed by atoms with E-state index in [1.165, 1.54) is 23.1 Å². The second-order valence-electron chi connectivity index (χ2n) is 6.02. The number of benzene rings is 1. The summed E-state index contributed by atoms with van der Waals surface area (Å²) < 4.78 is 0.867. The molecule has 1 aromatic carbocycles. The lowest BCUT2D eigenvalue weighted by atomic mass is 10.3. The van der Waals surface area contributed by atoms with E-state index in [-0.39, 0.29) is 17.7 Å². The fourth-order valence-corrected chi connectivity index (χ4v) is 5.08. The van der Waals surface area contributed by atoms with E-state index in [2.05, 4.69) is 10.3 Å². The summed E-state index contributed by atoms with van der Waals surface area (Å²) in [6.45, 7) is 5.37. The van der Waals surface area contributed by atoms with E-state index >= 15 is 0 Å². The van der Waals surface area contributed by atoms with Gasteiger partial charge >= 0.3 is 0 Å². The van der Waals surface area contributed by atoms with Gasteiger partial charge in [-0.3, -0.25) is 9.59 Å². The van der Waals surface area contributed by atoms with Gasteiger partial charge in [-0.05, 0) is 38.5 Å². The van der Waals surface area contributed by atoms with Gasteiger partial charge in [0.05, 0.1) is 21.9 Å². The van der Waals surface area contributed by atoms with Crippen LogP contribution in [0.2, 0.25) is 0 Å². The van der Waals surface area contributed by atoms with Crippen LogP contribution in [0.4, 0.5) is 5.69 Å². The number of fused-ring (bicyclic) bond motifs is 1. The molecule has 1 atom stereocenters. The SMILES string of the molecule is CCN(CC)C(=O)CSc1nc2ccc(NC(=O)C3CC3(Cl)Cl)cc2s1. The number of anilines is 1. The lowest BCUT2D eigenvalue weighted by Gasteiger charge is -2.17. The molecule has 140 valence electrons. The third-order valence-corrected chi connectivity index (χ3v) is 7.20. The van der Waals surface area contributed by atoms with Gasteiger partial charge in [-0.2, -0.15) is 0 Å². The molecule has 1 aromatic heterocycles. The van der Waals surface area contributed by atoms with Gasteiger partial charge in [-0.25, -0.2) is 4.98 Å². The zero-order valence-electron chi connectivity index (χ0n) is 14.4. The zero-order valence-corrected chi connectivity index (χ0v) is 17.6. The highest BCUT2D eigenvalue weighted by Gasteiger charge is 2.56. The Bertz CT molecular complexity index is 837. The maximum absolute atomic E-state index is 12.1. The van der Waals surface area contributed by atoms with E-state index in [1.54, 1.807) is 4.90 Å². The quantitative estimate of drug-likeness (QED) is 0.521. The maximum Gasteiger partial charge on any atom is 0.232 e. The van der Waals surface area contributed by atoms with Gasteiger partial charge in [-0.15, -0.1) is 34.5 Å². The summed E-state index contributed by atoms with van der Waals surface area (Å²) in [6, 6.07) is 5.55. The molecule has 2 aromatic rings. The minimum Gasteiger partial charge on any atom is -0.343 e. The van der Waals surface area contributed by atoms with Crippen molar-refractivity contribution in [2.75, 3.05) is 24.2 Å². The molecule has 0 saturated heterocycles. The first-order valence-electron chi connectivity index (χ1n) is 8.34. The Balaban J connectivity index is 1.64. The first-order chi connectivity index (χ1) is 12.3. The molecule has 26 heavy (non-hydrogen) atoms. The number of nitrogens with one attached hydrogen (secondary N) is 1. The summed E-state index contributed by atoms with van der Waals surface area (Å²) in [5, 5.41) is 2.84. The number of thiazole rings is 1. The van der Waals surface area contributed by atoms with Crippen LogP contribution >= 0.6 is 46.3 Å². The van der Waals surface area contributed by atoms with Crippen LogP contribution in [0.25, 0.3) is 10.2 Å². The topological polar surface area (TPSA) is 62.3 Å². The molecule has 1 aliphatic rings. The van der Waals surface area contributed by atoms with Crippen molar-refractivity contribution in [1.82, 2.24) is 9.88 Å². The summed E-state index contributed by atoms with van der Waals surface area (Å²) in [5.41, 5.74) is 1.54. The maximum atomic E-state index is 12.1. The smallest absolute Gasteiger partial charge is 0.232 e. The molecule has 1 saturated carbocycles. The van der Waals surface area contributed by atoms with Gasteiger partial charge in [0, 0.05) is 18.8 Å². The zero-order chi connectivity index (χ0) is 18.9. The molecule has 1 heterocycles. The van der Waals surface area contributed by atoms with Crippen LogP contribution in [-0.4, -0.2) is 44.9 Å². The number of carbonyl (C=O) groups is 2. The summed E-state index contributed by atoms with van der Waals surface area (Å²) in [6.07, 6.45) is 0.478. The first-order valence-corrected chi connectivity index (χ1v) is 10.9. The van der Waals surface area contributed by atoms with Crippen LogP contribution in [-0.2, 0) is 9.59 Å². The van der Waals surface area contributed by atoms with Crippen LogP contribution < -0.4 is 5.32 Å². The lowest BCUT2D eigenvalue weighted by molar-refractivity contribution is -0.128. The van der Waals surface area contributed by atoms with Gasteiger partial charge in [-0.1, -0.05) is 11.8 Å². The minimum atomic E-state index is -0.931. The average Bonchev–Trinajstić information content (AvgIpc) is 3.06. The van der Waals surface area contributed by atoms with Crippen LogP contribution in [0.3, 0.4) is 0 Å². The lowest BCUT2D eigenvalue weighted by Crippen LogP contribution is -2.31. The molecule has 0 bridgehead atoms. The predicted octanol–water partition coefficient (Wildman–Crippen LogP) is 4.39. The second kappa shape index (κ2) is 7.92. The highest BCUT2D eigenvalue weighted by Crippen LogP contribution is 2.53. The van der Waals surface area contributed by atoms with Crippen molar-refractivity contribution in [3.8, 4) is 0 Å². The predicted molar refractivity (Wildman–Crippen MR) is 109 cm³/mol. The number of thioether (sulfide) groups is 1. The Hall–Kier alpha value is -1.02. The number of aromatic nitrogens is 1. The Morgan fingerprint density at radius 3 is 2.69 bits per heavy atom. The second-order valence-corrected chi connectivity index (χ2v) is 9.82. The number of rotatable bonds is 7. The molecule has 3 rings (SSSR count). The van der Waals surface area contributed by atoms with Gasteiger partial charge in [0.2, 0.25) is 11.8 Å². The highest BCUT2D eigenvalue weighted by atomic mass is 35.5. The molecule has 2 amide bonds. The number of hydrogen-bond donors (Lipinski definition) is 1. The van der Waals surface area contributed by atoms with Crippen LogP contribution in [0.5, 0.6) is 0 Å². The van der Waals surface area contributed by atoms with Gasteiger partial charge < -0.3 is 10.2 Å². The Morgan fingerprint density at radius 2 is 2.08 bits per heavy atom. The molecule has 9 heteroatoms.